The van der Waals surface area contributed by atoms with Crippen molar-refractivity contribution in [1.82, 2.24) is 5.32 Å². The van der Waals surface area contributed by atoms with E-state index in [1.54, 1.807) is 0 Å². The number of carbonyl (C=O) groups is 1. The predicted octanol–water partition coefficient (Wildman–Crippen LogP) is 3.65. The third-order valence-electron chi connectivity index (χ3n) is 3.18. The number of carbonyl (C=O) groups excluding carboxylic acids is 1. The van der Waals surface area contributed by atoms with Crippen LogP contribution in [0.3, 0.4) is 0 Å². The Morgan fingerprint density at radius 1 is 1.00 bits per heavy atom. The van der Waals surface area contributed by atoms with Crippen LogP contribution >= 0.6 is 0 Å². The zero-order chi connectivity index (χ0) is 14.9. The molecule has 1 N–H and O–H groups in total. The van der Waals surface area contributed by atoms with E-state index < -0.39 is 0 Å². The SMILES string of the molecule is CCCCNC(=O)COc1ccc(-c2ccccc2)cc1. The molecule has 0 bridgehead atoms. The van der Waals surface area contributed by atoms with Crippen molar-refractivity contribution in [1.29, 1.82) is 0 Å². The summed E-state index contributed by atoms with van der Waals surface area (Å²) in [6.45, 7) is 2.87. The van der Waals surface area contributed by atoms with Crippen molar-refractivity contribution < 1.29 is 9.53 Å². The Bertz CT molecular complexity index is 549. The zero-order valence-corrected chi connectivity index (χ0v) is 12.3. The van der Waals surface area contributed by atoms with Crippen molar-refractivity contribution in [2.75, 3.05) is 13.2 Å². The minimum Gasteiger partial charge on any atom is -0.484 e. The predicted molar refractivity (Wildman–Crippen MR) is 85.3 cm³/mol. The summed E-state index contributed by atoms with van der Waals surface area (Å²) in [6.07, 6.45) is 2.07. The lowest BCUT2D eigenvalue weighted by atomic mass is 10.1. The van der Waals surface area contributed by atoms with Crippen molar-refractivity contribution in [2.24, 2.45) is 0 Å². The molecule has 0 saturated carbocycles. The summed E-state index contributed by atoms with van der Waals surface area (Å²) in [5.74, 6) is 0.635. The van der Waals surface area contributed by atoms with Gasteiger partial charge in [-0.1, -0.05) is 55.8 Å². The molecular weight excluding hydrogens is 262 g/mol. The van der Waals surface area contributed by atoms with Crippen molar-refractivity contribution in [3.63, 3.8) is 0 Å². The van der Waals surface area contributed by atoms with Gasteiger partial charge in [-0.3, -0.25) is 4.79 Å². The van der Waals surface area contributed by atoms with Gasteiger partial charge in [0.1, 0.15) is 5.75 Å². The van der Waals surface area contributed by atoms with Gasteiger partial charge in [-0.2, -0.15) is 0 Å². The molecule has 0 unspecified atom stereocenters. The van der Waals surface area contributed by atoms with Crippen LogP contribution in [-0.2, 0) is 4.79 Å². The molecule has 0 atom stereocenters. The van der Waals surface area contributed by atoms with E-state index in [0.717, 1.165) is 18.4 Å². The maximum absolute atomic E-state index is 11.5. The van der Waals surface area contributed by atoms with Crippen molar-refractivity contribution in [3.05, 3.63) is 54.6 Å². The summed E-state index contributed by atoms with van der Waals surface area (Å²) in [5, 5.41) is 2.83. The van der Waals surface area contributed by atoms with E-state index in [0.29, 0.717) is 12.3 Å². The molecule has 0 aromatic heterocycles. The van der Waals surface area contributed by atoms with Gasteiger partial charge in [0.05, 0.1) is 0 Å². The van der Waals surface area contributed by atoms with Crippen LogP contribution in [-0.4, -0.2) is 19.1 Å². The van der Waals surface area contributed by atoms with Gasteiger partial charge in [-0.15, -0.1) is 0 Å². The lowest BCUT2D eigenvalue weighted by Crippen LogP contribution is -2.29. The minimum absolute atomic E-state index is 0.0639. The molecule has 3 heteroatoms. The van der Waals surface area contributed by atoms with Gasteiger partial charge in [0.2, 0.25) is 0 Å². The van der Waals surface area contributed by atoms with Crippen LogP contribution in [0.4, 0.5) is 0 Å². The lowest BCUT2D eigenvalue weighted by Gasteiger charge is -2.08. The fourth-order valence-corrected chi connectivity index (χ4v) is 1.98. The zero-order valence-electron chi connectivity index (χ0n) is 12.3. The number of amides is 1. The quantitative estimate of drug-likeness (QED) is 0.788. The van der Waals surface area contributed by atoms with Gasteiger partial charge in [0.25, 0.3) is 5.91 Å². The Morgan fingerprint density at radius 2 is 1.67 bits per heavy atom. The maximum atomic E-state index is 11.5. The van der Waals surface area contributed by atoms with Crippen molar-refractivity contribution >= 4 is 5.91 Å². The topological polar surface area (TPSA) is 38.3 Å². The summed E-state index contributed by atoms with van der Waals surface area (Å²) < 4.78 is 5.48. The van der Waals surface area contributed by atoms with Gasteiger partial charge in [0, 0.05) is 6.54 Å². The molecule has 0 saturated heterocycles. The van der Waals surface area contributed by atoms with E-state index in [2.05, 4.69) is 24.4 Å². The highest BCUT2D eigenvalue weighted by molar-refractivity contribution is 5.77. The van der Waals surface area contributed by atoms with E-state index in [-0.39, 0.29) is 12.5 Å². The van der Waals surface area contributed by atoms with E-state index in [4.69, 9.17) is 4.74 Å². The second kappa shape index (κ2) is 8.10. The summed E-state index contributed by atoms with van der Waals surface area (Å²) in [5.41, 5.74) is 2.30. The molecule has 0 heterocycles. The molecule has 0 spiro atoms. The highest BCUT2D eigenvalue weighted by atomic mass is 16.5. The van der Waals surface area contributed by atoms with E-state index in [1.807, 2.05) is 42.5 Å². The highest BCUT2D eigenvalue weighted by Crippen LogP contribution is 2.21. The molecule has 0 aliphatic carbocycles. The average Bonchev–Trinajstić information content (AvgIpc) is 2.54. The van der Waals surface area contributed by atoms with Gasteiger partial charge in [-0.25, -0.2) is 0 Å². The van der Waals surface area contributed by atoms with Crippen molar-refractivity contribution in [3.8, 4) is 16.9 Å². The molecule has 0 fully saturated rings. The molecular formula is C18H21NO2. The molecule has 0 aliphatic rings. The fourth-order valence-electron chi connectivity index (χ4n) is 1.98. The average molecular weight is 283 g/mol. The molecule has 21 heavy (non-hydrogen) atoms. The number of ether oxygens (including phenoxy) is 1. The van der Waals surface area contributed by atoms with Gasteiger partial charge in [0.15, 0.2) is 6.61 Å². The van der Waals surface area contributed by atoms with Crippen LogP contribution in [0.1, 0.15) is 19.8 Å². The van der Waals surface area contributed by atoms with E-state index >= 15 is 0 Å². The normalized spacial score (nSPS) is 10.1. The fraction of sp³-hybridized carbons (Fsp3) is 0.278. The first-order chi connectivity index (χ1) is 10.3. The smallest absolute Gasteiger partial charge is 0.257 e. The first kappa shape index (κ1) is 15.1. The Labute approximate surface area is 126 Å². The van der Waals surface area contributed by atoms with Crippen LogP contribution in [0, 0.1) is 0 Å². The third-order valence-corrected chi connectivity index (χ3v) is 3.18. The first-order valence-corrected chi connectivity index (χ1v) is 7.34. The highest BCUT2D eigenvalue weighted by Gasteiger charge is 2.02. The Kier molecular flexibility index (Phi) is 5.83. The monoisotopic (exact) mass is 283 g/mol. The van der Waals surface area contributed by atoms with Gasteiger partial charge < -0.3 is 10.1 Å². The summed E-state index contributed by atoms with van der Waals surface area (Å²) in [7, 11) is 0. The van der Waals surface area contributed by atoms with Crippen LogP contribution in [0.2, 0.25) is 0 Å². The number of unbranched alkanes of at least 4 members (excludes halogenated alkanes) is 1. The Morgan fingerprint density at radius 3 is 2.33 bits per heavy atom. The lowest BCUT2D eigenvalue weighted by molar-refractivity contribution is -0.123. The number of rotatable bonds is 7. The molecule has 0 radical (unpaired) electrons. The second-order valence-electron chi connectivity index (χ2n) is 4.88. The number of hydrogen-bond acceptors (Lipinski definition) is 2. The van der Waals surface area contributed by atoms with Crippen LogP contribution in [0.15, 0.2) is 54.6 Å². The third kappa shape index (κ3) is 4.95. The first-order valence-electron chi connectivity index (χ1n) is 7.34. The Balaban J connectivity index is 1.84. The molecule has 3 nitrogen and oxygen atoms in total. The van der Waals surface area contributed by atoms with Crippen molar-refractivity contribution in [2.45, 2.75) is 19.8 Å². The number of nitrogens with one attached hydrogen (secondary N) is 1. The molecule has 110 valence electrons. The van der Waals surface area contributed by atoms with Gasteiger partial charge >= 0.3 is 0 Å². The number of hydrogen-bond donors (Lipinski definition) is 1. The molecule has 1 amide bonds. The summed E-state index contributed by atoms with van der Waals surface area (Å²) in [6, 6.07) is 17.9. The molecule has 2 aromatic carbocycles. The van der Waals surface area contributed by atoms with Gasteiger partial charge in [-0.05, 0) is 29.7 Å². The standard InChI is InChI=1S/C18H21NO2/c1-2-3-13-19-18(20)14-21-17-11-9-16(10-12-17)15-7-5-4-6-8-15/h4-12H,2-3,13-14H2,1H3,(H,19,20). The molecule has 2 rings (SSSR count). The maximum Gasteiger partial charge on any atom is 0.257 e. The van der Waals surface area contributed by atoms with Crippen LogP contribution in [0.25, 0.3) is 11.1 Å². The molecule has 2 aromatic rings. The minimum atomic E-state index is -0.0735. The number of benzene rings is 2. The van der Waals surface area contributed by atoms with E-state index in [1.165, 1.54) is 5.56 Å². The van der Waals surface area contributed by atoms with Crippen LogP contribution < -0.4 is 10.1 Å². The summed E-state index contributed by atoms with van der Waals surface area (Å²) in [4.78, 5) is 11.5. The van der Waals surface area contributed by atoms with E-state index in [9.17, 15) is 4.79 Å². The van der Waals surface area contributed by atoms with Crippen LogP contribution in [0.5, 0.6) is 5.75 Å². The summed E-state index contributed by atoms with van der Waals surface area (Å²) >= 11 is 0. The Hall–Kier alpha value is -2.29. The molecule has 0 aliphatic heterocycles. The second-order valence-corrected chi connectivity index (χ2v) is 4.88. The largest absolute Gasteiger partial charge is 0.484 e.